The van der Waals surface area contributed by atoms with Gasteiger partial charge in [-0.1, -0.05) is 5.92 Å². The van der Waals surface area contributed by atoms with Gasteiger partial charge in [-0.25, -0.2) is 0 Å². The molecule has 0 bridgehead atoms. The van der Waals surface area contributed by atoms with Crippen molar-refractivity contribution in [3.05, 3.63) is 17.0 Å². The topological polar surface area (TPSA) is 55.1 Å². The third kappa shape index (κ3) is 2.19. The predicted octanol–water partition coefficient (Wildman–Crippen LogP) is 1.81. The minimum atomic E-state index is -4.61. The molecular weight excluding hydrogens is 259 g/mol. The third-order valence-electron chi connectivity index (χ3n) is 2.71. The summed E-state index contributed by atoms with van der Waals surface area (Å²) in [5.74, 6) is 1.46. The maximum Gasteiger partial charge on any atom is 0.453 e. The van der Waals surface area contributed by atoms with Crippen LogP contribution in [0.1, 0.15) is 17.0 Å². The average molecular weight is 269 g/mol. The number of hydrogen-bond donors (Lipinski definition) is 1. The van der Waals surface area contributed by atoms with Crippen LogP contribution in [0.5, 0.6) is 0 Å². The van der Waals surface area contributed by atoms with Crippen LogP contribution in [0.15, 0.2) is 0 Å². The van der Waals surface area contributed by atoms with Gasteiger partial charge >= 0.3 is 6.18 Å². The van der Waals surface area contributed by atoms with E-state index in [1.165, 1.54) is 0 Å². The molecule has 5 nitrogen and oxygen atoms in total. The highest BCUT2D eigenvalue weighted by Crippen LogP contribution is 2.29. The van der Waals surface area contributed by atoms with E-state index in [1.54, 1.807) is 13.8 Å². The zero-order valence-electron chi connectivity index (χ0n) is 10.2. The fraction of sp³-hybridized carbons (Fsp3) is 0.364. The minimum absolute atomic E-state index is 0.0797. The van der Waals surface area contributed by atoms with E-state index < -0.39 is 12.0 Å². The van der Waals surface area contributed by atoms with Crippen LogP contribution in [-0.2, 0) is 6.18 Å². The molecule has 8 heteroatoms. The highest BCUT2D eigenvalue weighted by atomic mass is 19.4. The van der Waals surface area contributed by atoms with E-state index in [0.29, 0.717) is 15.6 Å². The quantitative estimate of drug-likeness (QED) is 0.845. The number of anilines is 1. The fourth-order valence-electron chi connectivity index (χ4n) is 1.61. The van der Waals surface area contributed by atoms with Gasteiger partial charge in [0.2, 0.25) is 0 Å². The summed E-state index contributed by atoms with van der Waals surface area (Å²) < 4.78 is 38.9. The van der Waals surface area contributed by atoms with Gasteiger partial charge in [-0.05, 0) is 19.4 Å². The van der Waals surface area contributed by atoms with Gasteiger partial charge in [0, 0.05) is 5.56 Å². The van der Waals surface area contributed by atoms with Gasteiger partial charge in [-0.3, -0.25) is 0 Å². The van der Waals surface area contributed by atoms with E-state index >= 15 is 0 Å². The Morgan fingerprint density at radius 3 is 2.53 bits per heavy atom. The Labute approximate surface area is 106 Å². The number of alkyl halides is 3. The summed E-state index contributed by atoms with van der Waals surface area (Å²) in [6.45, 7) is 3.55. The predicted molar refractivity (Wildman–Crippen MR) is 62.6 cm³/mol. The van der Waals surface area contributed by atoms with E-state index in [4.69, 9.17) is 6.42 Å². The van der Waals surface area contributed by atoms with Crippen LogP contribution in [0.3, 0.4) is 0 Å². The molecule has 0 amide bonds. The summed E-state index contributed by atoms with van der Waals surface area (Å²) >= 11 is 0. The Kier molecular flexibility index (Phi) is 3.06. The molecule has 0 fully saturated rings. The first kappa shape index (κ1) is 13.1. The van der Waals surface area contributed by atoms with Crippen molar-refractivity contribution >= 4 is 11.5 Å². The molecule has 2 rings (SSSR count). The smallest absolute Gasteiger partial charge is 0.357 e. The number of nitrogens with zero attached hydrogens (tertiary/aromatic N) is 4. The lowest BCUT2D eigenvalue weighted by Gasteiger charge is -2.10. The Bertz CT molecular complexity index is 665. The molecule has 2 aromatic rings. The summed E-state index contributed by atoms with van der Waals surface area (Å²) in [5, 5.41) is 13.3. The van der Waals surface area contributed by atoms with Crippen molar-refractivity contribution in [2.75, 3.05) is 11.9 Å². The summed E-state index contributed by atoms with van der Waals surface area (Å²) in [6, 6.07) is 0. The largest absolute Gasteiger partial charge is 0.453 e. The monoisotopic (exact) mass is 269 g/mol. The number of halogens is 3. The van der Waals surface area contributed by atoms with Crippen LogP contribution in [-0.4, -0.2) is 26.4 Å². The number of terminal acetylenes is 1. The highest BCUT2D eigenvalue weighted by molar-refractivity contribution is 5.58. The van der Waals surface area contributed by atoms with Gasteiger partial charge < -0.3 is 5.32 Å². The Morgan fingerprint density at radius 2 is 1.95 bits per heavy atom. The van der Waals surface area contributed by atoms with E-state index in [9.17, 15) is 13.2 Å². The van der Waals surface area contributed by atoms with Gasteiger partial charge in [0.05, 0.1) is 6.54 Å². The molecule has 2 heterocycles. The Morgan fingerprint density at radius 1 is 1.26 bits per heavy atom. The Balaban J connectivity index is 2.67. The normalized spacial score (nSPS) is 11.6. The van der Waals surface area contributed by atoms with Crippen molar-refractivity contribution in [1.29, 1.82) is 0 Å². The second kappa shape index (κ2) is 4.42. The van der Waals surface area contributed by atoms with Gasteiger partial charge in [0.25, 0.3) is 5.82 Å². The maximum atomic E-state index is 12.8. The number of aryl methyl sites for hydroxylation is 1. The van der Waals surface area contributed by atoms with Crippen molar-refractivity contribution in [2.45, 2.75) is 20.0 Å². The van der Waals surface area contributed by atoms with Gasteiger partial charge in [-0.15, -0.1) is 21.7 Å². The van der Waals surface area contributed by atoms with Crippen molar-refractivity contribution in [3.8, 4) is 12.3 Å². The van der Waals surface area contributed by atoms with Crippen LogP contribution in [0.25, 0.3) is 5.65 Å². The third-order valence-corrected chi connectivity index (χ3v) is 2.71. The van der Waals surface area contributed by atoms with E-state index in [1.807, 2.05) is 0 Å². The second-order valence-electron chi connectivity index (χ2n) is 3.91. The van der Waals surface area contributed by atoms with Crippen molar-refractivity contribution in [3.63, 3.8) is 0 Å². The molecular formula is C11H10F3N5. The molecule has 0 aliphatic heterocycles. The molecule has 0 radical (unpaired) electrons. The molecule has 0 aliphatic carbocycles. The van der Waals surface area contributed by atoms with Gasteiger partial charge in [0.15, 0.2) is 11.5 Å². The second-order valence-corrected chi connectivity index (χ2v) is 3.91. The molecule has 0 atom stereocenters. The number of hydrogen-bond acceptors (Lipinski definition) is 4. The number of nitrogens with one attached hydrogen (secondary N) is 1. The van der Waals surface area contributed by atoms with Crippen molar-refractivity contribution in [2.24, 2.45) is 0 Å². The SMILES string of the molecule is C#CCNc1nn2c(C(F)(F)F)nnc2c(C)c1C. The first-order valence-corrected chi connectivity index (χ1v) is 5.33. The Hall–Kier alpha value is -2.30. The zero-order chi connectivity index (χ0) is 14.2. The number of fused-ring (bicyclic) bond motifs is 1. The first-order chi connectivity index (χ1) is 8.86. The summed E-state index contributed by atoms with van der Waals surface area (Å²) in [7, 11) is 0. The van der Waals surface area contributed by atoms with Crippen LogP contribution in [0, 0.1) is 26.2 Å². The molecule has 0 unspecified atom stereocenters. The first-order valence-electron chi connectivity index (χ1n) is 5.33. The van der Waals surface area contributed by atoms with Gasteiger partial charge in [-0.2, -0.15) is 17.7 Å². The molecule has 19 heavy (non-hydrogen) atoms. The summed E-state index contributed by atoms with van der Waals surface area (Å²) in [5.41, 5.74) is 1.33. The summed E-state index contributed by atoms with van der Waals surface area (Å²) in [6.07, 6.45) is 0.491. The average Bonchev–Trinajstić information content (AvgIpc) is 2.75. The van der Waals surface area contributed by atoms with Gasteiger partial charge in [0.1, 0.15) is 0 Å². The molecule has 0 saturated heterocycles. The standard InChI is InChI=1S/C11H10F3N5/c1-4-5-15-8-6(2)7(3)9-16-17-10(11(12,13)14)19(9)18-8/h1H,5H2,2-3H3,(H,15,18). The molecule has 2 aromatic heterocycles. The van der Waals surface area contributed by atoms with Crippen LogP contribution in [0.4, 0.5) is 19.0 Å². The van der Waals surface area contributed by atoms with E-state index in [0.717, 1.165) is 0 Å². The molecule has 0 aromatic carbocycles. The number of rotatable bonds is 2. The van der Waals surface area contributed by atoms with E-state index in [2.05, 4.69) is 26.5 Å². The van der Waals surface area contributed by atoms with Crippen LogP contribution >= 0.6 is 0 Å². The molecule has 0 saturated carbocycles. The van der Waals surface area contributed by atoms with Crippen molar-refractivity contribution in [1.82, 2.24) is 19.8 Å². The van der Waals surface area contributed by atoms with Crippen LogP contribution < -0.4 is 5.32 Å². The lowest BCUT2D eigenvalue weighted by atomic mass is 10.2. The maximum absolute atomic E-state index is 12.8. The lowest BCUT2D eigenvalue weighted by molar-refractivity contribution is -0.146. The zero-order valence-corrected chi connectivity index (χ0v) is 10.2. The number of aromatic nitrogens is 4. The fourth-order valence-corrected chi connectivity index (χ4v) is 1.61. The highest BCUT2D eigenvalue weighted by Gasteiger charge is 2.38. The lowest BCUT2D eigenvalue weighted by Crippen LogP contribution is -2.15. The molecule has 0 spiro atoms. The molecule has 0 aliphatic rings. The van der Waals surface area contributed by atoms with Crippen LogP contribution in [0.2, 0.25) is 0 Å². The molecule has 1 N–H and O–H groups in total. The molecule has 100 valence electrons. The minimum Gasteiger partial charge on any atom is -0.357 e. The summed E-state index contributed by atoms with van der Waals surface area (Å²) in [4.78, 5) is 0. The van der Waals surface area contributed by atoms with E-state index in [-0.39, 0.29) is 18.0 Å². The van der Waals surface area contributed by atoms with Crippen molar-refractivity contribution < 1.29 is 13.2 Å².